The highest BCUT2D eigenvalue weighted by atomic mass is 16.7. The van der Waals surface area contributed by atoms with Gasteiger partial charge in [0.15, 0.2) is 6.29 Å². The minimum absolute atomic E-state index is 0.146. The number of hydrogen-bond acceptors (Lipinski definition) is 5. The van der Waals surface area contributed by atoms with E-state index in [1.807, 2.05) is 0 Å². The van der Waals surface area contributed by atoms with Crippen LogP contribution in [0, 0.1) is 0 Å². The van der Waals surface area contributed by atoms with Crippen molar-refractivity contribution < 1.29 is 9.47 Å². The van der Waals surface area contributed by atoms with Crippen LogP contribution < -0.4 is 5.73 Å². The molecule has 0 radical (unpaired) electrons. The lowest BCUT2D eigenvalue weighted by Crippen LogP contribution is -2.53. The second kappa shape index (κ2) is 8.82. The third-order valence-corrected chi connectivity index (χ3v) is 3.73. The van der Waals surface area contributed by atoms with Crippen molar-refractivity contribution in [1.29, 1.82) is 0 Å². The van der Waals surface area contributed by atoms with Crippen molar-refractivity contribution in [3.63, 3.8) is 0 Å². The fourth-order valence-electron chi connectivity index (χ4n) is 2.57. The Kier molecular flexibility index (Phi) is 7.77. The van der Waals surface area contributed by atoms with Crippen molar-refractivity contribution in [2.24, 2.45) is 5.73 Å². The van der Waals surface area contributed by atoms with E-state index in [1.54, 1.807) is 14.2 Å². The summed E-state index contributed by atoms with van der Waals surface area (Å²) in [6, 6.07) is 0.360. The van der Waals surface area contributed by atoms with Crippen LogP contribution in [0.4, 0.5) is 0 Å². The van der Waals surface area contributed by atoms with E-state index in [0.717, 1.165) is 32.6 Å². The quantitative estimate of drug-likeness (QED) is 0.638. The van der Waals surface area contributed by atoms with Crippen molar-refractivity contribution in [2.75, 3.05) is 53.5 Å². The average Bonchev–Trinajstić information content (AvgIpc) is 2.42. The van der Waals surface area contributed by atoms with Crippen LogP contribution in [0.5, 0.6) is 0 Å². The van der Waals surface area contributed by atoms with E-state index in [2.05, 4.69) is 16.7 Å². The topological polar surface area (TPSA) is 51.0 Å². The van der Waals surface area contributed by atoms with E-state index < -0.39 is 0 Å². The molecule has 1 atom stereocenters. The van der Waals surface area contributed by atoms with E-state index in [1.165, 1.54) is 13.0 Å². The van der Waals surface area contributed by atoms with Crippen LogP contribution in [0.25, 0.3) is 0 Å². The Bertz CT molecular complexity index is 204. The van der Waals surface area contributed by atoms with Crippen LogP contribution in [0.3, 0.4) is 0 Å². The number of methoxy groups -OCH3 is 2. The highest BCUT2D eigenvalue weighted by Gasteiger charge is 2.25. The Morgan fingerprint density at radius 3 is 2.17 bits per heavy atom. The van der Waals surface area contributed by atoms with Gasteiger partial charge in [0.2, 0.25) is 0 Å². The van der Waals surface area contributed by atoms with E-state index >= 15 is 0 Å². The molecule has 1 rings (SSSR count). The summed E-state index contributed by atoms with van der Waals surface area (Å²) in [6.07, 6.45) is 1.93. The van der Waals surface area contributed by atoms with Gasteiger partial charge in [-0.3, -0.25) is 4.90 Å². The molecule has 2 N–H and O–H groups in total. The molecule has 5 heteroatoms. The standard InChI is InChI=1S/C13H29N3O2/c1-4-5-15-6-8-16(9-7-15)12(11-14)10-13(17-2)18-3/h12-13H,4-11,14H2,1-3H3. The van der Waals surface area contributed by atoms with Crippen molar-refractivity contribution in [3.05, 3.63) is 0 Å². The van der Waals surface area contributed by atoms with Gasteiger partial charge in [0.05, 0.1) is 0 Å². The fourth-order valence-corrected chi connectivity index (χ4v) is 2.57. The Labute approximate surface area is 111 Å². The zero-order valence-electron chi connectivity index (χ0n) is 12.1. The molecule has 5 nitrogen and oxygen atoms in total. The molecule has 1 aliphatic rings. The molecule has 1 heterocycles. The maximum atomic E-state index is 5.89. The van der Waals surface area contributed by atoms with Gasteiger partial charge in [0.1, 0.15) is 0 Å². The molecule has 1 aliphatic heterocycles. The van der Waals surface area contributed by atoms with Crippen molar-refractivity contribution >= 4 is 0 Å². The summed E-state index contributed by atoms with van der Waals surface area (Å²) in [7, 11) is 3.36. The van der Waals surface area contributed by atoms with E-state index in [9.17, 15) is 0 Å². The lowest BCUT2D eigenvalue weighted by molar-refractivity contribution is -0.118. The van der Waals surface area contributed by atoms with Gasteiger partial charge in [-0.15, -0.1) is 0 Å². The summed E-state index contributed by atoms with van der Waals surface area (Å²) in [4.78, 5) is 4.99. The van der Waals surface area contributed by atoms with Gasteiger partial charge in [-0.05, 0) is 13.0 Å². The molecule has 0 aliphatic carbocycles. The molecule has 1 unspecified atom stereocenters. The van der Waals surface area contributed by atoms with Gasteiger partial charge >= 0.3 is 0 Å². The average molecular weight is 259 g/mol. The summed E-state index contributed by atoms with van der Waals surface area (Å²) in [6.45, 7) is 8.60. The summed E-state index contributed by atoms with van der Waals surface area (Å²) in [5, 5.41) is 0. The molecule has 1 saturated heterocycles. The van der Waals surface area contributed by atoms with Crippen LogP contribution >= 0.6 is 0 Å². The van der Waals surface area contributed by atoms with E-state index in [4.69, 9.17) is 15.2 Å². The summed E-state index contributed by atoms with van der Waals surface area (Å²) in [5.74, 6) is 0. The predicted molar refractivity (Wildman–Crippen MR) is 73.6 cm³/mol. The Balaban J connectivity index is 2.37. The molecule has 0 aromatic rings. The molecular formula is C13H29N3O2. The van der Waals surface area contributed by atoms with Crippen LogP contribution in [0.1, 0.15) is 19.8 Å². The molecule has 0 saturated carbocycles. The van der Waals surface area contributed by atoms with Gasteiger partial charge in [-0.1, -0.05) is 6.92 Å². The Morgan fingerprint density at radius 2 is 1.72 bits per heavy atom. The molecule has 0 spiro atoms. The van der Waals surface area contributed by atoms with Crippen LogP contribution in [0.15, 0.2) is 0 Å². The van der Waals surface area contributed by atoms with Crippen LogP contribution in [-0.4, -0.2) is 75.6 Å². The number of ether oxygens (including phenoxy) is 2. The van der Waals surface area contributed by atoms with E-state index in [-0.39, 0.29) is 6.29 Å². The minimum Gasteiger partial charge on any atom is -0.356 e. The van der Waals surface area contributed by atoms with Gasteiger partial charge < -0.3 is 20.1 Å². The Morgan fingerprint density at radius 1 is 1.11 bits per heavy atom. The summed E-state index contributed by atoms with van der Waals surface area (Å²) >= 11 is 0. The molecular weight excluding hydrogens is 230 g/mol. The van der Waals surface area contributed by atoms with Crippen LogP contribution in [-0.2, 0) is 9.47 Å². The molecule has 0 bridgehead atoms. The maximum Gasteiger partial charge on any atom is 0.158 e. The third kappa shape index (κ3) is 4.82. The molecule has 18 heavy (non-hydrogen) atoms. The largest absolute Gasteiger partial charge is 0.356 e. The van der Waals surface area contributed by atoms with Gasteiger partial charge in [0, 0.05) is 59.4 Å². The Hall–Kier alpha value is -0.200. The molecule has 1 fully saturated rings. The second-order valence-electron chi connectivity index (χ2n) is 4.90. The number of rotatable bonds is 8. The molecule has 108 valence electrons. The smallest absolute Gasteiger partial charge is 0.158 e. The highest BCUT2D eigenvalue weighted by Crippen LogP contribution is 2.12. The van der Waals surface area contributed by atoms with Crippen molar-refractivity contribution in [3.8, 4) is 0 Å². The SMILES string of the molecule is CCCN1CCN(C(CN)CC(OC)OC)CC1. The zero-order valence-corrected chi connectivity index (χ0v) is 12.1. The highest BCUT2D eigenvalue weighted by molar-refractivity contribution is 4.80. The molecule has 0 amide bonds. The lowest BCUT2D eigenvalue weighted by atomic mass is 10.1. The van der Waals surface area contributed by atoms with Gasteiger partial charge in [-0.2, -0.15) is 0 Å². The number of nitrogens with two attached hydrogens (primary N) is 1. The third-order valence-electron chi connectivity index (χ3n) is 3.73. The second-order valence-corrected chi connectivity index (χ2v) is 4.90. The van der Waals surface area contributed by atoms with Gasteiger partial charge in [-0.25, -0.2) is 0 Å². The summed E-state index contributed by atoms with van der Waals surface area (Å²) in [5.41, 5.74) is 5.89. The van der Waals surface area contributed by atoms with E-state index in [0.29, 0.717) is 12.6 Å². The first-order valence-electron chi connectivity index (χ1n) is 6.97. The normalized spacial score (nSPS) is 20.5. The van der Waals surface area contributed by atoms with Crippen LogP contribution in [0.2, 0.25) is 0 Å². The first-order valence-corrected chi connectivity index (χ1v) is 6.97. The molecule has 0 aromatic carbocycles. The zero-order chi connectivity index (χ0) is 13.4. The fraction of sp³-hybridized carbons (Fsp3) is 1.00. The monoisotopic (exact) mass is 259 g/mol. The number of piperazine rings is 1. The predicted octanol–water partition coefficient (Wildman–Crippen LogP) is 0.350. The maximum absolute atomic E-state index is 5.89. The van der Waals surface area contributed by atoms with Crippen molar-refractivity contribution in [1.82, 2.24) is 9.80 Å². The first-order chi connectivity index (χ1) is 8.74. The van der Waals surface area contributed by atoms with Crippen molar-refractivity contribution in [2.45, 2.75) is 32.1 Å². The minimum atomic E-state index is -0.146. The first kappa shape index (κ1) is 15.9. The molecule has 0 aromatic heterocycles. The van der Waals surface area contributed by atoms with Gasteiger partial charge in [0.25, 0.3) is 0 Å². The summed E-state index contributed by atoms with van der Waals surface area (Å²) < 4.78 is 10.5. The number of nitrogens with zero attached hydrogens (tertiary/aromatic N) is 2. The lowest BCUT2D eigenvalue weighted by Gasteiger charge is -2.39. The number of hydrogen-bond donors (Lipinski definition) is 1.